The number of sulfonamides is 1. The molecule has 1 aromatic heterocycles. The first-order valence-corrected chi connectivity index (χ1v) is 6.64. The predicted octanol–water partition coefficient (Wildman–Crippen LogP) is 0.409. The summed E-state index contributed by atoms with van der Waals surface area (Å²) >= 11 is 0. The number of nitrogens with two attached hydrogens (primary N) is 1. The maximum atomic E-state index is 11.7. The first-order chi connectivity index (χ1) is 7.47. The average molecular weight is 243 g/mol. The molecule has 1 aromatic rings. The first kappa shape index (κ1) is 13.1. The van der Waals surface area contributed by atoms with Crippen LogP contribution in [0.1, 0.15) is 25.6 Å². The van der Waals surface area contributed by atoms with E-state index < -0.39 is 15.3 Å². The minimum Gasteiger partial charge on any atom is -0.329 e. The molecule has 0 aromatic carbocycles. The minimum atomic E-state index is -3.37. The Morgan fingerprint density at radius 2 is 2.12 bits per heavy atom. The second kappa shape index (κ2) is 5.38. The Bertz CT molecular complexity index is 419. The minimum absolute atomic E-state index is 0.101. The number of hydrogen-bond acceptors (Lipinski definition) is 4. The van der Waals surface area contributed by atoms with E-state index in [1.54, 1.807) is 32.2 Å². The Morgan fingerprint density at radius 3 is 2.62 bits per heavy atom. The molecule has 3 N–H and O–H groups in total. The van der Waals surface area contributed by atoms with Crippen LogP contribution in [0.15, 0.2) is 24.4 Å². The molecule has 0 aliphatic rings. The quantitative estimate of drug-likeness (QED) is 0.784. The molecule has 90 valence electrons. The van der Waals surface area contributed by atoms with Crippen LogP contribution in [-0.4, -0.2) is 25.2 Å². The highest BCUT2D eigenvalue weighted by molar-refractivity contribution is 7.90. The smallest absolute Gasteiger partial charge is 0.216 e. The van der Waals surface area contributed by atoms with Crippen LogP contribution < -0.4 is 10.5 Å². The van der Waals surface area contributed by atoms with E-state index in [2.05, 4.69) is 9.71 Å². The predicted molar refractivity (Wildman–Crippen MR) is 63.2 cm³/mol. The molecule has 0 radical (unpaired) electrons. The monoisotopic (exact) mass is 243 g/mol. The Kier molecular flexibility index (Phi) is 4.40. The van der Waals surface area contributed by atoms with Crippen LogP contribution in [0.5, 0.6) is 0 Å². The fourth-order valence-corrected chi connectivity index (χ4v) is 2.28. The second-order valence-electron chi connectivity index (χ2n) is 3.69. The van der Waals surface area contributed by atoms with Crippen molar-refractivity contribution in [3.05, 3.63) is 30.1 Å². The van der Waals surface area contributed by atoms with Gasteiger partial charge in [-0.15, -0.1) is 0 Å². The van der Waals surface area contributed by atoms with Gasteiger partial charge in [0, 0.05) is 12.7 Å². The van der Waals surface area contributed by atoms with Crippen LogP contribution in [0, 0.1) is 0 Å². The number of pyridine rings is 1. The third kappa shape index (κ3) is 3.26. The number of nitrogens with one attached hydrogen (secondary N) is 1. The van der Waals surface area contributed by atoms with Crippen molar-refractivity contribution in [3.8, 4) is 0 Å². The van der Waals surface area contributed by atoms with Gasteiger partial charge in [0.05, 0.1) is 17.0 Å². The fraction of sp³-hybridized carbons (Fsp3) is 0.500. The van der Waals surface area contributed by atoms with E-state index in [1.165, 1.54) is 0 Å². The van der Waals surface area contributed by atoms with Crippen molar-refractivity contribution in [2.45, 2.75) is 25.1 Å². The molecule has 0 spiro atoms. The number of rotatable bonds is 5. The summed E-state index contributed by atoms with van der Waals surface area (Å²) in [4.78, 5) is 4.09. The molecule has 6 heteroatoms. The first-order valence-electron chi connectivity index (χ1n) is 5.09. The van der Waals surface area contributed by atoms with Crippen LogP contribution >= 0.6 is 0 Å². The molecule has 1 heterocycles. The molecule has 0 aliphatic carbocycles. The van der Waals surface area contributed by atoms with Crippen molar-refractivity contribution in [1.29, 1.82) is 0 Å². The third-order valence-corrected chi connectivity index (χ3v) is 4.27. The largest absolute Gasteiger partial charge is 0.329 e. The van der Waals surface area contributed by atoms with Crippen LogP contribution in [-0.2, 0) is 10.0 Å². The Labute approximate surface area is 96.1 Å². The normalized spacial score (nSPS) is 15.7. The van der Waals surface area contributed by atoms with Crippen molar-refractivity contribution in [3.63, 3.8) is 0 Å². The van der Waals surface area contributed by atoms with E-state index in [0.717, 1.165) is 0 Å². The zero-order chi connectivity index (χ0) is 12.2. The van der Waals surface area contributed by atoms with Gasteiger partial charge in [-0.25, -0.2) is 13.1 Å². The summed E-state index contributed by atoms with van der Waals surface area (Å²) in [6, 6.07) is 5.03. The van der Waals surface area contributed by atoms with Crippen LogP contribution in [0.2, 0.25) is 0 Å². The lowest BCUT2D eigenvalue weighted by atomic mass is 10.2. The molecular weight excluding hydrogens is 226 g/mol. The van der Waals surface area contributed by atoms with Gasteiger partial charge >= 0.3 is 0 Å². The van der Waals surface area contributed by atoms with Gasteiger partial charge in [-0.05, 0) is 26.0 Å². The second-order valence-corrected chi connectivity index (χ2v) is 5.82. The molecule has 2 atom stereocenters. The zero-order valence-corrected chi connectivity index (χ0v) is 10.2. The Hall–Kier alpha value is -0.980. The van der Waals surface area contributed by atoms with Crippen LogP contribution in [0.25, 0.3) is 0 Å². The molecular formula is C10H17N3O2S. The van der Waals surface area contributed by atoms with Gasteiger partial charge in [0.2, 0.25) is 10.0 Å². The standard InChI is InChI=1S/C10H17N3O2S/c1-8(7-11)16(14,15)13-9(2)10-5-3-4-6-12-10/h3-6,8-9,13H,7,11H2,1-2H3. The van der Waals surface area contributed by atoms with Crippen molar-refractivity contribution < 1.29 is 8.42 Å². The maximum absolute atomic E-state index is 11.7. The number of aromatic nitrogens is 1. The van der Waals surface area contributed by atoms with Gasteiger partial charge in [-0.2, -0.15) is 0 Å². The van der Waals surface area contributed by atoms with E-state index in [4.69, 9.17) is 5.73 Å². The van der Waals surface area contributed by atoms with Gasteiger partial charge in [0.25, 0.3) is 0 Å². The third-order valence-electron chi connectivity index (χ3n) is 2.33. The topological polar surface area (TPSA) is 85.1 Å². The summed E-state index contributed by atoms with van der Waals surface area (Å²) in [5.74, 6) is 0. The lowest BCUT2D eigenvalue weighted by Crippen LogP contribution is -2.38. The Morgan fingerprint density at radius 1 is 1.44 bits per heavy atom. The van der Waals surface area contributed by atoms with E-state index in [-0.39, 0.29) is 12.6 Å². The van der Waals surface area contributed by atoms with E-state index in [0.29, 0.717) is 5.69 Å². The molecule has 5 nitrogen and oxygen atoms in total. The molecule has 0 bridgehead atoms. The van der Waals surface area contributed by atoms with Crippen molar-refractivity contribution >= 4 is 10.0 Å². The molecule has 1 rings (SSSR count). The number of hydrogen-bond donors (Lipinski definition) is 2. The van der Waals surface area contributed by atoms with Gasteiger partial charge < -0.3 is 5.73 Å². The van der Waals surface area contributed by atoms with Crippen LogP contribution in [0.4, 0.5) is 0 Å². The molecule has 0 fully saturated rings. The molecule has 16 heavy (non-hydrogen) atoms. The summed E-state index contributed by atoms with van der Waals surface area (Å²) in [7, 11) is -3.37. The van der Waals surface area contributed by atoms with E-state index >= 15 is 0 Å². The molecule has 0 amide bonds. The Balaban J connectivity index is 2.76. The summed E-state index contributed by atoms with van der Waals surface area (Å²) in [6.45, 7) is 3.43. The van der Waals surface area contributed by atoms with Gasteiger partial charge in [0.1, 0.15) is 0 Å². The SMILES string of the molecule is CC(NS(=O)(=O)C(C)CN)c1ccccn1. The van der Waals surface area contributed by atoms with Crippen molar-refractivity contribution in [2.75, 3.05) is 6.54 Å². The van der Waals surface area contributed by atoms with Gasteiger partial charge in [0.15, 0.2) is 0 Å². The average Bonchev–Trinajstić information content (AvgIpc) is 2.28. The van der Waals surface area contributed by atoms with Crippen LogP contribution in [0.3, 0.4) is 0 Å². The lowest BCUT2D eigenvalue weighted by Gasteiger charge is -2.16. The zero-order valence-electron chi connectivity index (χ0n) is 9.42. The summed E-state index contributed by atoms with van der Waals surface area (Å²) in [5.41, 5.74) is 6.03. The van der Waals surface area contributed by atoms with Crippen molar-refractivity contribution in [2.24, 2.45) is 5.73 Å². The van der Waals surface area contributed by atoms with Gasteiger partial charge in [-0.3, -0.25) is 4.98 Å². The molecule has 0 saturated heterocycles. The van der Waals surface area contributed by atoms with Gasteiger partial charge in [-0.1, -0.05) is 6.07 Å². The number of nitrogens with zero attached hydrogens (tertiary/aromatic N) is 1. The molecule has 0 aliphatic heterocycles. The highest BCUT2D eigenvalue weighted by Gasteiger charge is 2.22. The lowest BCUT2D eigenvalue weighted by molar-refractivity contribution is 0.552. The summed E-state index contributed by atoms with van der Waals surface area (Å²) in [6.07, 6.45) is 1.63. The van der Waals surface area contributed by atoms with E-state index in [9.17, 15) is 8.42 Å². The highest BCUT2D eigenvalue weighted by atomic mass is 32.2. The van der Waals surface area contributed by atoms with E-state index in [1.807, 2.05) is 6.07 Å². The molecule has 0 saturated carbocycles. The van der Waals surface area contributed by atoms with Crippen molar-refractivity contribution in [1.82, 2.24) is 9.71 Å². The molecule has 2 unspecified atom stereocenters. The summed E-state index contributed by atoms with van der Waals surface area (Å²) < 4.78 is 26.0. The highest BCUT2D eigenvalue weighted by Crippen LogP contribution is 2.11. The summed E-state index contributed by atoms with van der Waals surface area (Å²) in [5, 5.41) is -0.598. The fourth-order valence-electron chi connectivity index (χ4n) is 1.18. The maximum Gasteiger partial charge on any atom is 0.216 e.